The summed E-state index contributed by atoms with van der Waals surface area (Å²) < 4.78 is 5.80. The van der Waals surface area contributed by atoms with Gasteiger partial charge in [0.1, 0.15) is 5.75 Å². The Labute approximate surface area is 135 Å². The van der Waals surface area contributed by atoms with Crippen LogP contribution >= 0.6 is 0 Å². The highest BCUT2D eigenvalue weighted by Gasteiger charge is 2.28. The van der Waals surface area contributed by atoms with Crippen LogP contribution in [-0.4, -0.2) is 36.7 Å². The number of rotatable bonds is 5. The first-order valence-electron chi connectivity index (χ1n) is 8.92. The van der Waals surface area contributed by atoms with Crippen molar-refractivity contribution in [2.75, 3.05) is 19.6 Å². The molecule has 22 heavy (non-hydrogen) atoms. The second kappa shape index (κ2) is 7.47. The van der Waals surface area contributed by atoms with E-state index in [4.69, 9.17) is 4.74 Å². The van der Waals surface area contributed by atoms with E-state index in [1.165, 1.54) is 50.9 Å². The van der Waals surface area contributed by atoms with E-state index in [2.05, 4.69) is 48.3 Å². The van der Waals surface area contributed by atoms with E-state index in [9.17, 15) is 0 Å². The zero-order valence-electron chi connectivity index (χ0n) is 14.1. The number of nitrogens with zero attached hydrogens (tertiary/aromatic N) is 1. The van der Waals surface area contributed by atoms with Gasteiger partial charge in [0.2, 0.25) is 0 Å². The van der Waals surface area contributed by atoms with Gasteiger partial charge in [0.25, 0.3) is 0 Å². The van der Waals surface area contributed by atoms with Crippen LogP contribution < -0.4 is 10.1 Å². The molecule has 1 aromatic carbocycles. The largest absolute Gasteiger partial charge is 0.491 e. The Kier molecular flexibility index (Phi) is 5.37. The van der Waals surface area contributed by atoms with E-state index in [-0.39, 0.29) is 6.10 Å². The van der Waals surface area contributed by atoms with Gasteiger partial charge in [-0.1, -0.05) is 12.1 Å². The van der Waals surface area contributed by atoms with E-state index < -0.39 is 0 Å². The number of likely N-dealkylation sites (tertiary alicyclic amines) is 1. The van der Waals surface area contributed by atoms with Crippen molar-refractivity contribution in [3.63, 3.8) is 0 Å². The molecule has 0 radical (unpaired) electrons. The van der Waals surface area contributed by atoms with Crippen LogP contribution in [0.15, 0.2) is 24.3 Å². The Morgan fingerprint density at radius 2 is 2.05 bits per heavy atom. The maximum atomic E-state index is 5.80. The number of ether oxygens (including phenoxy) is 1. The standard InChI is InChI=1S/C19H30N2O/c1-15(2)22-18-6-3-5-16(13-18)14-21-11-8-17(9-12-21)19-7-4-10-20-19/h3,5-6,13,15,17,19-20H,4,7-12,14H2,1-2H3. The van der Waals surface area contributed by atoms with Crippen LogP contribution in [-0.2, 0) is 6.54 Å². The normalized spacial score (nSPS) is 24.0. The van der Waals surface area contributed by atoms with Crippen LogP contribution in [0.25, 0.3) is 0 Å². The fraction of sp³-hybridized carbons (Fsp3) is 0.684. The van der Waals surface area contributed by atoms with Crippen molar-refractivity contribution in [3.8, 4) is 5.75 Å². The van der Waals surface area contributed by atoms with E-state index in [1.807, 2.05) is 0 Å². The molecule has 0 aliphatic carbocycles. The highest BCUT2D eigenvalue weighted by atomic mass is 16.5. The van der Waals surface area contributed by atoms with Gasteiger partial charge in [-0.3, -0.25) is 4.90 Å². The minimum absolute atomic E-state index is 0.241. The molecule has 3 rings (SSSR count). The van der Waals surface area contributed by atoms with Crippen molar-refractivity contribution in [2.45, 2.75) is 58.2 Å². The molecular weight excluding hydrogens is 272 g/mol. The third kappa shape index (κ3) is 4.23. The summed E-state index contributed by atoms with van der Waals surface area (Å²) in [6.07, 6.45) is 5.69. The summed E-state index contributed by atoms with van der Waals surface area (Å²) in [7, 11) is 0. The maximum Gasteiger partial charge on any atom is 0.120 e. The van der Waals surface area contributed by atoms with Gasteiger partial charge >= 0.3 is 0 Å². The minimum atomic E-state index is 0.241. The first-order valence-corrected chi connectivity index (χ1v) is 8.92. The van der Waals surface area contributed by atoms with Crippen molar-refractivity contribution in [3.05, 3.63) is 29.8 Å². The molecule has 0 saturated carbocycles. The maximum absolute atomic E-state index is 5.80. The lowest BCUT2D eigenvalue weighted by atomic mass is 9.88. The van der Waals surface area contributed by atoms with E-state index >= 15 is 0 Å². The summed E-state index contributed by atoms with van der Waals surface area (Å²) in [6, 6.07) is 9.39. The summed E-state index contributed by atoms with van der Waals surface area (Å²) >= 11 is 0. The van der Waals surface area contributed by atoms with Crippen molar-refractivity contribution in [2.24, 2.45) is 5.92 Å². The second-order valence-corrected chi connectivity index (χ2v) is 7.13. The van der Waals surface area contributed by atoms with Gasteiger partial charge < -0.3 is 10.1 Å². The lowest BCUT2D eigenvalue weighted by Crippen LogP contribution is -2.40. The van der Waals surface area contributed by atoms with Gasteiger partial charge in [0, 0.05) is 12.6 Å². The highest BCUT2D eigenvalue weighted by molar-refractivity contribution is 5.28. The van der Waals surface area contributed by atoms with Crippen LogP contribution in [0, 0.1) is 5.92 Å². The predicted molar refractivity (Wildman–Crippen MR) is 91.2 cm³/mol. The summed E-state index contributed by atoms with van der Waals surface area (Å²) in [5, 5.41) is 3.68. The van der Waals surface area contributed by atoms with Gasteiger partial charge in [-0.2, -0.15) is 0 Å². The van der Waals surface area contributed by atoms with Crippen molar-refractivity contribution >= 4 is 0 Å². The molecule has 1 atom stereocenters. The number of piperidine rings is 1. The van der Waals surface area contributed by atoms with Crippen LogP contribution in [0.2, 0.25) is 0 Å². The third-order valence-corrected chi connectivity index (χ3v) is 4.98. The van der Waals surface area contributed by atoms with Crippen LogP contribution in [0.3, 0.4) is 0 Å². The molecule has 0 spiro atoms. The van der Waals surface area contributed by atoms with Crippen LogP contribution in [0.5, 0.6) is 5.75 Å². The molecule has 1 N–H and O–H groups in total. The average molecular weight is 302 g/mol. The predicted octanol–water partition coefficient (Wildman–Crippen LogP) is 3.44. The molecule has 0 bridgehead atoms. The molecule has 0 aromatic heterocycles. The quantitative estimate of drug-likeness (QED) is 0.902. The average Bonchev–Trinajstić information content (AvgIpc) is 3.02. The van der Waals surface area contributed by atoms with Gasteiger partial charge in [-0.25, -0.2) is 0 Å². The molecule has 2 heterocycles. The highest BCUT2D eigenvalue weighted by Crippen LogP contribution is 2.26. The van der Waals surface area contributed by atoms with Crippen LogP contribution in [0.4, 0.5) is 0 Å². The van der Waals surface area contributed by atoms with Crippen LogP contribution in [0.1, 0.15) is 45.1 Å². The SMILES string of the molecule is CC(C)Oc1cccc(CN2CCC(C3CCCN3)CC2)c1. The fourth-order valence-corrected chi connectivity index (χ4v) is 3.87. The Morgan fingerprint density at radius 1 is 1.23 bits per heavy atom. The summed E-state index contributed by atoms with van der Waals surface area (Å²) in [6.45, 7) is 8.91. The molecule has 2 aliphatic heterocycles. The lowest BCUT2D eigenvalue weighted by molar-refractivity contribution is 0.157. The summed E-state index contributed by atoms with van der Waals surface area (Å²) in [4.78, 5) is 2.60. The zero-order valence-corrected chi connectivity index (χ0v) is 14.1. The van der Waals surface area contributed by atoms with Crippen molar-refractivity contribution in [1.82, 2.24) is 10.2 Å². The number of hydrogen-bond donors (Lipinski definition) is 1. The molecule has 1 unspecified atom stereocenters. The van der Waals surface area contributed by atoms with Gasteiger partial charge in [-0.05, 0) is 82.8 Å². The number of hydrogen-bond acceptors (Lipinski definition) is 3. The number of nitrogens with one attached hydrogen (secondary N) is 1. The van der Waals surface area contributed by atoms with Gasteiger partial charge in [-0.15, -0.1) is 0 Å². The van der Waals surface area contributed by atoms with Gasteiger partial charge in [0.05, 0.1) is 6.10 Å². The lowest BCUT2D eigenvalue weighted by Gasteiger charge is -2.35. The van der Waals surface area contributed by atoms with E-state index in [0.717, 1.165) is 24.3 Å². The Bertz CT molecular complexity index is 460. The first-order chi connectivity index (χ1) is 10.7. The third-order valence-electron chi connectivity index (χ3n) is 4.98. The minimum Gasteiger partial charge on any atom is -0.491 e. The molecule has 2 fully saturated rings. The Balaban J connectivity index is 1.50. The van der Waals surface area contributed by atoms with E-state index in [1.54, 1.807) is 0 Å². The zero-order chi connectivity index (χ0) is 15.4. The Morgan fingerprint density at radius 3 is 2.73 bits per heavy atom. The van der Waals surface area contributed by atoms with Gasteiger partial charge in [0.15, 0.2) is 0 Å². The molecule has 2 aliphatic rings. The van der Waals surface area contributed by atoms with E-state index in [0.29, 0.717) is 0 Å². The molecule has 122 valence electrons. The molecule has 2 saturated heterocycles. The summed E-state index contributed by atoms with van der Waals surface area (Å²) in [5.41, 5.74) is 1.37. The molecule has 1 aromatic rings. The molecular formula is C19H30N2O. The smallest absolute Gasteiger partial charge is 0.120 e. The Hall–Kier alpha value is -1.06. The molecule has 3 nitrogen and oxygen atoms in total. The molecule has 0 amide bonds. The first kappa shape index (κ1) is 15.8. The topological polar surface area (TPSA) is 24.5 Å². The van der Waals surface area contributed by atoms with Crippen molar-refractivity contribution < 1.29 is 4.74 Å². The number of benzene rings is 1. The molecule has 3 heteroatoms. The van der Waals surface area contributed by atoms with Crippen molar-refractivity contribution in [1.29, 1.82) is 0 Å². The monoisotopic (exact) mass is 302 g/mol. The summed E-state index contributed by atoms with van der Waals surface area (Å²) in [5.74, 6) is 1.90. The fourth-order valence-electron chi connectivity index (χ4n) is 3.87. The second-order valence-electron chi connectivity index (χ2n) is 7.13.